The van der Waals surface area contributed by atoms with Crippen LogP contribution in [0.1, 0.15) is 21.5 Å². The largest absolute Gasteiger partial charge is 0.353 e. The molecule has 0 saturated carbocycles. The van der Waals surface area contributed by atoms with E-state index < -0.39 is 0 Å². The highest BCUT2D eigenvalue weighted by atomic mass is 127. The number of carbonyl (C=O) groups excluding carboxylic acids is 2. The van der Waals surface area contributed by atoms with E-state index in [1.54, 1.807) is 4.90 Å². The number of nitrogens with one attached hydrogen (secondary N) is 2. The van der Waals surface area contributed by atoms with Gasteiger partial charge in [0, 0.05) is 65.0 Å². The second kappa shape index (κ2) is 12.7. The quantitative estimate of drug-likeness (QED) is 0.323. The molecule has 2 aromatic carbocycles. The Balaban J connectivity index is 0.00000324. The molecule has 2 aliphatic rings. The Hall–Kier alpha value is -2.66. The second-order valence-electron chi connectivity index (χ2n) is 8.42. The molecule has 0 unspecified atom stereocenters. The zero-order valence-electron chi connectivity index (χ0n) is 19.6. The molecule has 2 fully saturated rings. The van der Waals surface area contributed by atoms with Gasteiger partial charge in [0.25, 0.3) is 5.91 Å². The van der Waals surface area contributed by atoms with Crippen LogP contribution in [-0.2, 0) is 17.9 Å². The normalized spacial score (nSPS) is 17.1. The zero-order valence-corrected chi connectivity index (χ0v) is 21.9. The molecule has 2 aliphatic heterocycles. The smallest absolute Gasteiger partial charge is 0.254 e. The summed E-state index contributed by atoms with van der Waals surface area (Å²) in [6.45, 7) is 6.66. The molecule has 0 atom stereocenters. The number of carbonyl (C=O) groups is 2. The molecular weight excluding hydrogens is 543 g/mol. The van der Waals surface area contributed by atoms with Gasteiger partial charge in [-0.15, -0.1) is 24.0 Å². The van der Waals surface area contributed by atoms with Crippen LogP contribution in [0.25, 0.3) is 0 Å². The van der Waals surface area contributed by atoms with Crippen molar-refractivity contribution < 1.29 is 9.59 Å². The van der Waals surface area contributed by atoms with E-state index in [0.717, 1.165) is 44.2 Å². The Morgan fingerprint density at radius 2 is 1.65 bits per heavy atom. The minimum absolute atomic E-state index is 0. The summed E-state index contributed by atoms with van der Waals surface area (Å²) in [6, 6.07) is 18.2. The van der Waals surface area contributed by atoms with Gasteiger partial charge in [-0.05, 0) is 23.3 Å². The fourth-order valence-electron chi connectivity index (χ4n) is 4.23. The Morgan fingerprint density at radius 1 is 0.941 bits per heavy atom. The number of aliphatic imine (C=N–C) groups is 1. The molecule has 0 aliphatic carbocycles. The van der Waals surface area contributed by atoms with Gasteiger partial charge < -0.3 is 20.4 Å². The lowest BCUT2D eigenvalue weighted by atomic mass is 10.1. The average molecular weight is 576 g/mol. The van der Waals surface area contributed by atoms with Gasteiger partial charge in [-0.1, -0.05) is 42.5 Å². The van der Waals surface area contributed by atoms with Crippen molar-refractivity contribution in [1.29, 1.82) is 0 Å². The van der Waals surface area contributed by atoms with Crippen LogP contribution in [0.3, 0.4) is 0 Å². The van der Waals surface area contributed by atoms with E-state index in [2.05, 4.69) is 55.8 Å². The highest BCUT2D eigenvalue weighted by Crippen LogP contribution is 2.11. The van der Waals surface area contributed by atoms with Crippen molar-refractivity contribution in [2.24, 2.45) is 4.99 Å². The zero-order chi connectivity index (χ0) is 23.0. The molecule has 0 radical (unpaired) electrons. The van der Waals surface area contributed by atoms with Gasteiger partial charge in [-0.3, -0.25) is 19.5 Å². The summed E-state index contributed by atoms with van der Waals surface area (Å²) in [7, 11) is 1.81. The first-order valence-electron chi connectivity index (χ1n) is 11.5. The van der Waals surface area contributed by atoms with Crippen LogP contribution in [0.4, 0.5) is 0 Å². The van der Waals surface area contributed by atoms with Crippen molar-refractivity contribution in [2.75, 3.05) is 52.9 Å². The summed E-state index contributed by atoms with van der Waals surface area (Å²) < 4.78 is 0. The van der Waals surface area contributed by atoms with E-state index in [-0.39, 0.29) is 42.3 Å². The Labute approximate surface area is 218 Å². The minimum Gasteiger partial charge on any atom is -0.353 e. The molecule has 0 spiro atoms. The van der Waals surface area contributed by atoms with Crippen LogP contribution >= 0.6 is 24.0 Å². The molecule has 0 aromatic heterocycles. The summed E-state index contributed by atoms with van der Waals surface area (Å²) in [4.78, 5) is 35.0. The third-order valence-corrected chi connectivity index (χ3v) is 6.11. The molecule has 2 N–H and O–H groups in total. The third kappa shape index (κ3) is 6.92. The molecule has 4 rings (SSSR count). The van der Waals surface area contributed by atoms with Gasteiger partial charge in [0.05, 0.1) is 6.54 Å². The molecule has 9 heteroatoms. The fourth-order valence-corrected chi connectivity index (χ4v) is 4.23. The van der Waals surface area contributed by atoms with E-state index in [1.807, 2.05) is 31.3 Å². The van der Waals surface area contributed by atoms with Crippen LogP contribution in [-0.4, -0.2) is 85.3 Å². The fraction of sp³-hybridized carbons (Fsp3) is 0.400. The third-order valence-electron chi connectivity index (χ3n) is 6.11. The Morgan fingerprint density at radius 3 is 2.29 bits per heavy atom. The summed E-state index contributed by atoms with van der Waals surface area (Å²) in [5, 5.41) is 6.19. The molecule has 2 amide bonds. The summed E-state index contributed by atoms with van der Waals surface area (Å²) in [5.41, 5.74) is 3.03. The molecule has 34 heavy (non-hydrogen) atoms. The first kappa shape index (κ1) is 26.0. The molecule has 2 heterocycles. The van der Waals surface area contributed by atoms with E-state index in [9.17, 15) is 9.59 Å². The second-order valence-corrected chi connectivity index (χ2v) is 8.42. The van der Waals surface area contributed by atoms with Crippen molar-refractivity contribution in [2.45, 2.75) is 13.1 Å². The van der Waals surface area contributed by atoms with Gasteiger partial charge >= 0.3 is 0 Å². The van der Waals surface area contributed by atoms with Crippen molar-refractivity contribution in [3.8, 4) is 0 Å². The van der Waals surface area contributed by atoms with Crippen LogP contribution in [0, 0.1) is 0 Å². The number of hydrogen-bond acceptors (Lipinski definition) is 4. The highest BCUT2D eigenvalue weighted by molar-refractivity contribution is 14.0. The summed E-state index contributed by atoms with van der Waals surface area (Å²) in [6.07, 6.45) is 0. The van der Waals surface area contributed by atoms with Gasteiger partial charge in [-0.25, -0.2) is 0 Å². The molecule has 2 saturated heterocycles. The van der Waals surface area contributed by atoms with Gasteiger partial charge in [0.2, 0.25) is 5.91 Å². The lowest BCUT2D eigenvalue weighted by Crippen LogP contribution is -2.52. The molecular formula is C25H33IN6O2. The predicted octanol–water partition coefficient (Wildman–Crippen LogP) is 1.77. The minimum atomic E-state index is -0.109. The Kier molecular flexibility index (Phi) is 9.70. The lowest BCUT2D eigenvalue weighted by molar-refractivity contribution is -0.123. The van der Waals surface area contributed by atoms with Gasteiger partial charge in [0.1, 0.15) is 0 Å². The SMILES string of the molecule is CN=C(NCc1ccc(C(=O)N2CCNC(=O)C2)cc1)N1CCN(Cc2ccccc2)CC1.I. The van der Waals surface area contributed by atoms with E-state index in [1.165, 1.54) is 5.56 Å². The van der Waals surface area contributed by atoms with Gasteiger partial charge in [0.15, 0.2) is 5.96 Å². The number of nitrogens with zero attached hydrogens (tertiary/aromatic N) is 4. The van der Waals surface area contributed by atoms with E-state index in [0.29, 0.717) is 25.2 Å². The topological polar surface area (TPSA) is 80.3 Å². The lowest BCUT2D eigenvalue weighted by Gasteiger charge is -2.36. The number of benzene rings is 2. The maximum Gasteiger partial charge on any atom is 0.254 e. The summed E-state index contributed by atoms with van der Waals surface area (Å²) in [5.74, 6) is 0.685. The van der Waals surface area contributed by atoms with Crippen molar-refractivity contribution >= 4 is 41.8 Å². The van der Waals surface area contributed by atoms with Crippen LogP contribution in [0.2, 0.25) is 0 Å². The number of piperazine rings is 2. The monoisotopic (exact) mass is 576 g/mol. The number of rotatable bonds is 5. The number of hydrogen-bond donors (Lipinski definition) is 2. The van der Waals surface area contributed by atoms with E-state index >= 15 is 0 Å². The van der Waals surface area contributed by atoms with Gasteiger partial charge in [-0.2, -0.15) is 0 Å². The predicted molar refractivity (Wildman–Crippen MR) is 144 cm³/mol. The maximum absolute atomic E-state index is 12.6. The molecule has 0 bridgehead atoms. The number of guanidine groups is 1. The van der Waals surface area contributed by atoms with E-state index in [4.69, 9.17) is 0 Å². The Bertz CT molecular complexity index is 975. The molecule has 8 nitrogen and oxygen atoms in total. The highest BCUT2D eigenvalue weighted by Gasteiger charge is 2.22. The van der Waals surface area contributed by atoms with Crippen molar-refractivity contribution in [1.82, 2.24) is 25.3 Å². The van der Waals surface area contributed by atoms with Crippen LogP contribution in [0.15, 0.2) is 59.6 Å². The average Bonchev–Trinajstić information content (AvgIpc) is 2.86. The first-order valence-corrected chi connectivity index (χ1v) is 11.5. The molecule has 2 aromatic rings. The standard InChI is InChI=1S/C25H32N6O2.HI/c1-26-25(30-15-13-29(14-16-30)18-21-5-3-2-4-6-21)28-17-20-7-9-22(10-8-20)24(33)31-12-11-27-23(32)19-31;/h2-10H,11-19H2,1H3,(H,26,28)(H,27,32);1H. The number of halogens is 1. The summed E-state index contributed by atoms with van der Waals surface area (Å²) >= 11 is 0. The van der Waals surface area contributed by atoms with Crippen LogP contribution < -0.4 is 10.6 Å². The number of amides is 2. The first-order chi connectivity index (χ1) is 16.1. The van der Waals surface area contributed by atoms with Crippen LogP contribution in [0.5, 0.6) is 0 Å². The molecule has 182 valence electrons. The van der Waals surface area contributed by atoms with Crippen molar-refractivity contribution in [3.63, 3.8) is 0 Å². The van der Waals surface area contributed by atoms with Crippen molar-refractivity contribution in [3.05, 3.63) is 71.3 Å². The maximum atomic E-state index is 12.6.